The van der Waals surface area contributed by atoms with Crippen LogP contribution in [0.5, 0.6) is 0 Å². The molecule has 2 saturated heterocycles. The molecule has 0 spiro atoms. The number of fused-ring (bicyclic) bond motifs is 1. The number of rotatable bonds is 2. The van der Waals surface area contributed by atoms with Crippen LogP contribution in [0.25, 0.3) is 0 Å². The second kappa shape index (κ2) is 4.70. The van der Waals surface area contributed by atoms with Gasteiger partial charge in [0, 0.05) is 38.4 Å². The Hall–Kier alpha value is -1.00. The fraction of sp³-hybridized carbons (Fsp3) is 0.692. The summed E-state index contributed by atoms with van der Waals surface area (Å²) in [5.74, 6) is 0.877. The Bertz CT molecular complexity index is 393. The molecule has 0 saturated carbocycles. The summed E-state index contributed by atoms with van der Waals surface area (Å²) in [6.07, 6.45) is 4.62. The van der Waals surface area contributed by atoms with Crippen molar-refractivity contribution in [2.24, 2.45) is 0 Å². The van der Waals surface area contributed by atoms with Crippen LogP contribution in [0.15, 0.2) is 12.3 Å². The summed E-state index contributed by atoms with van der Waals surface area (Å²) >= 11 is 0. The van der Waals surface area contributed by atoms with E-state index in [0.29, 0.717) is 0 Å². The van der Waals surface area contributed by atoms with Crippen LogP contribution in [0, 0.1) is 6.92 Å². The Morgan fingerprint density at radius 2 is 2.29 bits per heavy atom. The molecule has 0 aromatic carbocycles. The molecule has 2 fully saturated rings. The molecule has 0 amide bonds. The van der Waals surface area contributed by atoms with Crippen molar-refractivity contribution in [3.8, 4) is 0 Å². The lowest BCUT2D eigenvalue weighted by molar-refractivity contribution is 0.0984. The molecule has 0 bridgehead atoms. The Kier molecular flexibility index (Phi) is 3.07. The van der Waals surface area contributed by atoms with Gasteiger partial charge < -0.3 is 0 Å². The Morgan fingerprint density at radius 1 is 1.35 bits per heavy atom. The van der Waals surface area contributed by atoms with Crippen molar-refractivity contribution in [2.45, 2.75) is 32.4 Å². The van der Waals surface area contributed by atoms with Crippen molar-refractivity contribution in [3.05, 3.63) is 23.8 Å². The average molecular weight is 232 g/mol. The van der Waals surface area contributed by atoms with Gasteiger partial charge in [-0.1, -0.05) is 0 Å². The molecule has 0 radical (unpaired) electrons. The third kappa shape index (κ3) is 2.48. The van der Waals surface area contributed by atoms with Gasteiger partial charge in [0.25, 0.3) is 0 Å². The molecule has 4 heteroatoms. The Morgan fingerprint density at radius 3 is 3.18 bits per heavy atom. The van der Waals surface area contributed by atoms with Crippen LogP contribution in [0.1, 0.15) is 24.4 Å². The summed E-state index contributed by atoms with van der Waals surface area (Å²) < 4.78 is 0. The highest BCUT2D eigenvalue weighted by Gasteiger charge is 2.30. The summed E-state index contributed by atoms with van der Waals surface area (Å²) in [5, 5.41) is 0. The van der Waals surface area contributed by atoms with Crippen LogP contribution in [0.4, 0.5) is 0 Å². The number of piperazine rings is 1. The van der Waals surface area contributed by atoms with E-state index in [0.717, 1.165) is 24.1 Å². The predicted octanol–water partition coefficient (Wildman–Crippen LogP) is 1.07. The standard InChI is InChI=1S/C13H20N4/c1-11-14-5-4-12(15-11)9-16-7-8-17-6-2-3-13(17)10-16/h4-5,13H,2-3,6-10H2,1H3. The number of nitrogens with zero attached hydrogens (tertiary/aromatic N) is 4. The first kappa shape index (κ1) is 11.1. The first-order valence-corrected chi connectivity index (χ1v) is 6.56. The van der Waals surface area contributed by atoms with Crippen molar-refractivity contribution in [2.75, 3.05) is 26.2 Å². The summed E-state index contributed by atoms with van der Waals surface area (Å²) in [7, 11) is 0. The molecule has 2 aliphatic rings. The lowest BCUT2D eigenvalue weighted by Gasteiger charge is -2.37. The lowest BCUT2D eigenvalue weighted by Crippen LogP contribution is -2.49. The van der Waals surface area contributed by atoms with E-state index in [2.05, 4.69) is 19.8 Å². The zero-order valence-electron chi connectivity index (χ0n) is 10.5. The minimum atomic E-state index is 0.798. The van der Waals surface area contributed by atoms with Gasteiger partial charge in [-0.15, -0.1) is 0 Å². The topological polar surface area (TPSA) is 32.3 Å². The van der Waals surface area contributed by atoms with E-state index in [1.165, 1.54) is 39.0 Å². The van der Waals surface area contributed by atoms with E-state index < -0.39 is 0 Å². The van der Waals surface area contributed by atoms with Crippen LogP contribution in [-0.2, 0) is 6.54 Å². The molecule has 17 heavy (non-hydrogen) atoms. The van der Waals surface area contributed by atoms with Gasteiger partial charge in [-0.2, -0.15) is 0 Å². The van der Waals surface area contributed by atoms with E-state index >= 15 is 0 Å². The molecule has 4 nitrogen and oxygen atoms in total. The highest BCUT2D eigenvalue weighted by molar-refractivity contribution is 5.02. The molecule has 3 rings (SSSR count). The normalized spacial score (nSPS) is 26.1. The molecular formula is C13H20N4. The molecule has 92 valence electrons. The number of hydrogen-bond acceptors (Lipinski definition) is 4. The monoisotopic (exact) mass is 232 g/mol. The zero-order chi connectivity index (χ0) is 11.7. The summed E-state index contributed by atoms with van der Waals surface area (Å²) in [4.78, 5) is 13.8. The first-order chi connectivity index (χ1) is 8.31. The zero-order valence-corrected chi connectivity index (χ0v) is 10.5. The maximum Gasteiger partial charge on any atom is 0.125 e. The van der Waals surface area contributed by atoms with Gasteiger partial charge >= 0.3 is 0 Å². The molecule has 2 aliphatic heterocycles. The predicted molar refractivity (Wildman–Crippen MR) is 66.6 cm³/mol. The summed E-state index contributed by atoms with van der Waals surface area (Å²) in [6, 6.07) is 2.83. The fourth-order valence-electron chi connectivity index (χ4n) is 3.02. The molecule has 0 aliphatic carbocycles. The highest BCUT2D eigenvalue weighted by Crippen LogP contribution is 2.22. The quantitative estimate of drug-likeness (QED) is 0.763. The lowest BCUT2D eigenvalue weighted by atomic mass is 10.1. The van der Waals surface area contributed by atoms with Gasteiger partial charge in [0.1, 0.15) is 5.82 Å². The van der Waals surface area contributed by atoms with Crippen molar-refractivity contribution in [1.82, 2.24) is 19.8 Å². The second-order valence-corrected chi connectivity index (χ2v) is 5.16. The molecular weight excluding hydrogens is 212 g/mol. The van der Waals surface area contributed by atoms with Gasteiger partial charge in [-0.25, -0.2) is 9.97 Å². The Labute approximate surface area is 103 Å². The smallest absolute Gasteiger partial charge is 0.125 e. The molecule has 1 aromatic rings. The molecule has 1 unspecified atom stereocenters. The molecule has 1 atom stereocenters. The largest absolute Gasteiger partial charge is 0.298 e. The minimum Gasteiger partial charge on any atom is -0.298 e. The fourth-order valence-corrected chi connectivity index (χ4v) is 3.02. The minimum absolute atomic E-state index is 0.798. The molecule has 3 heterocycles. The SMILES string of the molecule is Cc1nccc(CN2CCN3CCCC3C2)n1. The van der Waals surface area contributed by atoms with E-state index in [-0.39, 0.29) is 0 Å². The van der Waals surface area contributed by atoms with Gasteiger partial charge in [0.05, 0.1) is 5.69 Å². The third-order valence-electron chi connectivity index (χ3n) is 3.89. The third-order valence-corrected chi connectivity index (χ3v) is 3.89. The van der Waals surface area contributed by atoms with E-state index in [9.17, 15) is 0 Å². The number of aryl methyl sites for hydroxylation is 1. The van der Waals surface area contributed by atoms with Gasteiger partial charge in [0.2, 0.25) is 0 Å². The number of hydrogen-bond donors (Lipinski definition) is 0. The van der Waals surface area contributed by atoms with E-state index in [4.69, 9.17) is 0 Å². The van der Waals surface area contributed by atoms with Crippen LogP contribution in [0.2, 0.25) is 0 Å². The van der Waals surface area contributed by atoms with Crippen LogP contribution in [-0.4, -0.2) is 52.0 Å². The van der Waals surface area contributed by atoms with Crippen molar-refractivity contribution < 1.29 is 0 Å². The van der Waals surface area contributed by atoms with Crippen molar-refractivity contribution >= 4 is 0 Å². The first-order valence-electron chi connectivity index (χ1n) is 6.56. The highest BCUT2D eigenvalue weighted by atomic mass is 15.3. The van der Waals surface area contributed by atoms with Gasteiger partial charge in [-0.3, -0.25) is 9.80 Å². The van der Waals surface area contributed by atoms with Crippen molar-refractivity contribution in [1.29, 1.82) is 0 Å². The van der Waals surface area contributed by atoms with Crippen LogP contribution in [0.3, 0.4) is 0 Å². The average Bonchev–Trinajstić information content (AvgIpc) is 2.76. The summed E-state index contributed by atoms with van der Waals surface area (Å²) in [5.41, 5.74) is 1.16. The maximum atomic E-state index is 4.49. The van der Waals surface area contributed by atoms with Gasteiger partial charge in [-0.05, 0) is 32.4 Å². The summed E-state index contributed by atoms with van der Waals surface area (Å²) in [6.45, 7) is 7.87. The molecule has 1 aromatic heterocycles. The van der Waals surface area contributed by atoms with E-state index in [1.54, 1.807) is 0 Å². The number of aromatic nitrogens is 2. The Balaban J connectivity index is 1.62. The molecule has 0 N–H and O–H groups in total. The van der Waals surface area contributed by atoms with E-state index in [1.807, 2.05) is 19.2 Å². The van der Waals surface area contributed by atoms with Crippen molar-refractivity contribution in [3.63, 3.8) is 0 Å². The van der Waals surface area contributed by atoms with Gasteiger partial charge in [0.15, 0.2) is 0 Å². The maximum absolute atomic E-state index is 4.49. The van der Waals surface area contributed by atoms with Crippen LogP contribution < -0.4 is 0 Å². The van der Waals surface area contributed by atoms with Crippen LogP contribution >= 0.6 is 0 Å². The second-order valence-electron chi connectivity index (χ2n) is 5.16.